The molecule has 6 aromatic rings. The highest BCUT2D eigenvalue weighted by Gasteiger charge is 2.56. The summed E-state index contributed by atoms with van der Waals surface area (Å²) in [5.74, 6) is 0. The molecule has 1 unspecified atom stereocenters. The summed E-state index contributed by atoms with van der Waals surface area (Å²) in [6.07, 6.45) is 4.77. The standard InChI is InChI=1S/C57H65BN2S/c1-32-16-23-43-37(28-32)49-51(61-43)58-40-22-21-38-45-50(40)60(42-31-35(53(6,7)8)30-41(47(42)58)59(49)36-19-17-34(18-20-36)52(3,4)5)48-33(2)29-39-44(56(13,14)25-24-55(39,11)12)46(48)57(45,15)27-26-54(38,9)10/h16-23,28-31H,24-27H2,1-15H3. The molecular formula is C57H65BN2S. The molecule has 0 saturated carbocycles. The first kappa shape index (κ1) is 39.6. The summed E-state index contributed by atoms with van der Waals surface area (Å²) >= 11 is 2.03. The van der Waals surface area contributed by atoms with E-state index in [2.05, 4.69) is 186 Å². The van der Waals surface area contributed by atoms with Crippen molar-refractivity contribution in [2.45, 2.75) is 162 Å². The third kappa shape index (κ3) is 5.21. The van der Waals surface area contributed by atoms with Gasteiger partial charge in [-0.1, -0.05) is 132 Å². The maximum absolute atomic E-state index is 2.86. The zero-order valence-corrected chi connectivity index (χ0v) is 40.5. The summed E-state index contributed by atoms with van der Waals surface area (Å²) < 4.78 is 2.84. The van der Waals surface area contributed by atoms with E-state index in [9.17, 15) is 0 Å². The molecule has 0 fully saturated rings. The van der Waals surface area contributed by atoms with Crippen molar-refractivity contribution >= 4 is 78.0 Å². The predicted molar refractivity (Wildman–Crippen MR) is 267 cm³/mol. The Morgan fingerprint density at radius 2 is 1.18 bits per heavy atom. The van der Waals surface area contributed by atoms with E-state index < -0.39 is 0 Å². The minimum atomic E-state index is -0.111. The van der Waals surface area contributed by atoms with Gasteiger partial charge in [0.1, 0.15) is 0 Å². The van der Waals surface area contributed by atoms with Gasteiger partial charge >= 0.3 is 0 Å². The van der Waals surface area contributed by atoms with Gasteiger partial charge in [0.2, 0.25) is 0 Å². The Morgan fingerprint density at radius 1 is 0.557 bits per heavy atom. The number of hydrogen-bond donors (Lipinski definition) is 0. The lowest BCUT2D eigenvalue weighted by Gasteiger charge is -2.57. The van der Waals surface area contributed by atoms with Crippen LogP contribution in [0.5, 0.6) is 0 Å². The summed E-state index contributed by atoms with van der Waals surface area (Å²) in [4.78, 5) is 5.53. The van der Waals surface area contributed by atoms with Gasteiger partial charge < -0.3 is 9.80 Å². The van der Waals surface area contributed by atoms with Gasteiger partial charge in [0.15, 0.2) is 0 Å². The molecule has 2 aliphatic carbocycles. The van der Waals surface area contributed by atoms with Gasteiger partial charge in [0.25, 0.3) is 6.71 Å². The minimum absolute atomic E-state index is 0.0685. The maximum Gasteiger partial charge on any atom is 0.264 e. The quantitative estimate of drug-likeness (QED) is 0.152. The second kappa shape index (κ2) is 12.0. The molecule has 5 aromatic carbocycles. The molecule has 312 valence electrons. The molecule has 0 saturated heterocycles. The zero-order valence-electron chi connectivity index (χ0n) is 39.6. The molecule has 61 heavy (non-hydrogen) atoms. The van der Waals surface area contributed by atoms with Crippen LogP contribution in [0, 0.1) is 13.8 Å². The Balaban J connectivity index is 1.33. The van der Waals surface area contributed by atoms with Crippen molar-refractivity contribution in [3.8, 4) is 0 Å². The molecule has 0 amide bonds. The maximum atomic E-state index is 2.86. The number of anilines is 6. The fraction of sp³-hybridized carbons (Fsp3) is 0.439. The molecule has 1 aromatic heterocycles. The van der Waals surface area contributed by atoms with Gasteiger partial charge in [-0.25, -0.2) is 0 Å². The molecule has 0 spiro atoms. The Kier molecular flexibility index (Phi) is 7.81. The SMILES string of the molecule is Cc1ccc2sc3c(c2c1)N(c1ccc(C(C)(C)C)cc1)c1cc(C(C)(C)C)cc2c1B3c1ccc3c4c1N2c1c(C)cc2c(c1C4(C)CCC3(C)C)C(C)(C)CCC2(C)C. The van der Waals surface area contributed by atoms with Crippen molar-refractivity contribution in [3.05, 3.63) is 123 Å². The first-order chi connectivity index (χ1) is 28.4. The van der Waals surface area contributed by atoms with E-state index in [1.54, 1.807) is 27.8 Å². The van der Waals surface area contributed by atoms with Gasteiger partial charge in [-0.2, -0.15) is 0 Å². The van der Waals surface area contributed by atoms with E-state index >= 15 is 0 Å². The molecule has 2 nitrogen and oxygen atoms in total. The van der Waals surface area contributed by atoms with Gasteiger partial charge in [0, 0.05) is 43.0 Å². The van der Waals surface area contributed by atoms with Crippen LogP contribution >= 0.6 is 11.3 Å². The lowest BCUT2D eigenvalue weighted by molar-refractivity contribution is 0.311. The van der Waals surface area contributed by atoms with Gasteiger partial charge in [0.05, 0.1) is 11.4 Å². The largest absolute Gasteiger partial charge is 0.311 e. The molecule has 3 aliphatic heterocycles. The van der Waals surface area contributed by atoms with Gasteiger partial charge in [-0.15, -0.1) is 11.3 Å². The number of thiophene rings is 1. The van der Waals surface area contributed by atoms with Crippen molar-refractivity contribution in [2.75, 3.05) is 9.80 Å². The Hall–Kier alpha value is -4.28. The highest BCUT2D eigenvalue weighted by atomic mass is 32.1. The number of hydrogen-bond acceptors (Lipinski definition) is 3. The minimum Gasteiger partial charge on any atom is -0.311 e. The zero-order chi connectivity index (χ0) is 43.3. The Bertz CT molecular complexity index is 2910. The van der Waals surface area contributed by atoms with E-state index in [0.717, 1.165) is 6.42 Å². The molecule has 4 heterocycles. The molecular weight excluding hydrogens is 756 g/mol. The average Bonchev–Trinajstić information content (AvgIpc) is 3.55. The smallest absolute Gasteiger partial charge is 0.264 e. The second-order valence-electron chi connectivity index (χ2n) is 24.1. The molecule has 0 bridgehead atoms. The summed E-state index contributed by atoms with van der Waals surface area (Å²) in [5, 5.41) is 1.37. The van der Waals surface area contributed by atoms with Gasteiger partial charge in [-0.05, 0) is 158 Å². The van der Waals surface area contributed by atoms with E-state index in [0.29, 0.717) is 0 Å². The van der Waals surface area contributed by atoms with E-state index in [1.807, 2.05) is 11.3 Å². The first-order valence-corrected chi connectivity index (χ1v) is 24.0. The van der Waals surface area contributed by atoms with Crippen LogP contribution in [0.25, 0.3) is 10.1 Å². The molecule has 1 atom stereocenters. The summed E-state index contributed by atoms with van der Waals surface area (Å²) in [6, 6.07) is 29.7. The third-order valence-electron chi connectivity index (χ3n) is 16.4. The van der Waals surface area contributed by atoms with Crippen LogP contribution < -0.4 is 25.5 Å². The lowest BCUT2D eigenvalue weighted by atomic mass is 9.35. The monoisotopic (exact) mass is 820 g/mol. The number of aryl methyl sites for hydroxylation is 2. The highest BCUT2D eigenvalue weighted by Crippen LogP contribution is 2.65. The van der Waals surface area contributed by atoms with E-state index in [4.69, 9.17) is 0 Å². The Morgan fingerprint density at radius 3 is 1.85 bits per heavy atom. The number of nitrogens with zero attached hydrogens (tertiary/aromatic N) is 2. The second-order valence-corrected chi connectivity index (χ2v) is 25.2. The first-order valence-electron chi connectivity index (χ1n) is 23.2. The third-order valence-corrected chi connectivity index (χ3v) is 17.6. The van der Waals surface area contributed by atoms with Crippen LogP contribution in [0.3, 0.4) is 0 Å². The predicted octanol–water partition coefficient (Wildman–Crippen LogP) is 14.2. The van der Waals surface area contributed by atoms with E-state index in [-0.39, 0.29) is 39.2 Å². The fourth-order valence-electron chi connectivity index (χ4n) is 12.7. The van der Waals surface area contributed by atoms with Crippen LogP contribution in [0.2, 0.25) is 0 Å². The van der Waals surface area contributed by atoms with Crippen molar-refractivity contribution in [1.82, 2.24) is 0 Å². The molecule has 11 rings (SSSR count). The lowest BCUT2D eigenvalue weighted by Crippen LogP contribution is -2.62. The average molecular weight is 821 g/mol. The molecule has 4 heteroatoms. The molecule has 0 radical (unpaired) electrons. The van der Waals surface area contributed by atoms with Crippen molar-refractivity contribution < 1.29 is 0 Å². The normalized spacial score (nSPS) is 21.1. The van der Waals surface area contributed by atoms with Crippen LogP contribution in [0.4, 0.5) is 34.1 Å². The topological polar surface area (TPSA) is 6.48 Å². The number of rotatable bonds is 1. The van der Waals surface area contributed by atoms with E-state index in [1.165, 1.54) is 101 Å². The fourth-order valence-corrected chi connectivity index (χ4v) is 14.0. The number of benzene rings is 5. The van der Waals surface area contributed by atoms with Crippen molar-refractivity contribution in [1.29, 1.82) is 0 Å². The summed E-state index contributed by atoms with van der Waals surface area (Å²) in [7, 11) is 0. The van der Waals surface area contributed by atoms with Crippen LogP contribution in [0.1, 0.15) is 166 Å². The van der Waals surface area contributed by atoms with Crippen LogP contribution in [-0.4, -0.2) is 6.71 Å². The van der Waals surface area contributed by atoms with Crippen molar-refractivity contribution in [3.63, 3.8) is 0 Å². The highest BCUT2D eigenvalue weighted by molar-refractivity contribution is 7.33. The van der Waals surface area contributed by atoms with Gasteiger partial charge in [-0.3, -0.25) is 0 Å². The Labute approximate surface area is 370 Å². The van der Waals surface area contributed by atoms with Crippen LogP contribution in [0.15, 0.2) is 72.8 Å². The summed E-state index contributed by atoms with van der Waals surface area (Å²) in [6.45, 7) is 36.9. The molecule has 0 N–H and O–H groups in total. The summed E-state index contributed by atoms with van der Waals surface area (Å²) in [5.41, 5.74) is 24.8. The van der Waals surface area contributed by atoms with Crippen molar-refractivity contribution in [2.24, 2.45) is 0 Å². The van der Waals surface area contributed by atoms with Crippen LogP contribution in [-0.2, 0) is 32.5 Å². The molecule has 5 aliphatic rings. The number of fused-ring (bicyclic) bond motifs is 11.